The first-order valence-electron chi connectivity index (χ1n) is 6.61. The number of para-hydroxylation sites is 1. The Kier molecular flexibility index (Phi) is 3.86. The molecular formula is C17H12N2O2S. The minimum atomic E-state index is -0.333. The normalized spacial score (nSPS) is 16.3. The Bertz CT molecular complexity index is 800. The average molecular weight is 308 g/mol. The number of imide groups is 1. The van der Waals surface area contributed by atoms with Crippen molar-refractivity contribution in [2.75, 3.05) is 6.54 Å². The van der Waals surface area contributed by atoms with Crippen molar-refractivity contribution in [3.05, 3.63) is 59.3 Å². The lowest BCUT2D eigenvalue weighted by Crippen LogP contribution is -2.28. The molecule has 1 aliphatic heterocycles. The number of terminal acetylenes is 1. The van der Waals surface area contributed by atoms with Gasteiger partial charge in [0.25, 0.3) is 11.1 Å². The maximum atomic E-state index is 12.1. The molecule has 108 valence electrons. The first kappa shape index (κ1) is 14.2. The molecule has 0 bridgehead atoms. The topological polar surface area (TPSA) is 42.3 Å². The maximum Gasteiger partial charge on any atom is 0.294 e. The fourth-order valence-corrected chi connectivity index (χ4v) is 2.98. The minimum absolute atomic E-state index is 0.00698. The molecule has 1 aliphatic rings. The molecule has 1 saturated heterocycles. The zero-order chi connectivity index (χ0) is 15.5. The molecule has 4 nitrogen and oxygen atoms in total. The van der Waals surface area contributed by atoms with E-state index in [-0.39, 0.29) is 17.7 Å². The van der Waals surface area contributed by atoms with Gasteiger partial charge in [-0.15, -0.1) is 6.42 Å². The summed E-state index contributed by atoms with van der Waals surface area (Å²) < 4.78 is 1.96. The molecule has 0 radical (unpaired) electrons. The van der Waals surface area contributed by atoms with Gasteiger partial charge < -0.3 is 4.57 Å². The molecule has 1 aromatic carbocycles. The molecule has 3 rings (SSSR count). The van der Waals surface area contributed by atoms with Crippen LogP contribution in [0, 0.1) is 12.3 Å². The van der Waals surface area contributed by atoms with Gasteiger partial charge in [-0.1, -0.05) is 24.1 Å². The third-order valence-corrected chi connectivity index (χ3v) is 4.10. The molecule has 1 aromatic heterocycles. The van der Waals surface area contributed by atoms with Gasteiger partial charge >= 0.3 is 0 Å². The summed E-state index contributed by atoms with van der Waals surface area (Å²) in [5.74, 6) is 1.99. The number of carbonyl (C=O) groups is 2. The van der Waals surface area contributed by atoms with Crippen LogP contribution in [0.4, 0.5) is 4.79 Å². The lowest BCUT2D eigenvalue weighted by atomic mass is 10.3. The van der Waals surface area contributed by atoms with Crippen LogP contribution < -0.4 is 0 Å². The predicted octanol–water partition coefficient (Wildman–Crippen LogP) is 3.15. The van der Waals surface area contributed by atoms with E-state index in [0.717, 1.165) is 27.9 Å². The van der Waals surface area contributed by atoms with Crippen molar-refractivity contribution < 1.29 is 9.59 Å². The van der Waals surface area contributed by atoms with Crippen LogP contribution in [0.2, 0.25) is 0 Å². The number of benzene rings is 1. The lowest BCUT2D eigenvalue weighted by molar-refractivity contribution is -0.122. The summed E-state index contributed by atoms with van der Waals surface area (Å²) in [7, 11) is 0. The SMILES string of the molecule is C#CCN1C(=O)S/C(=C/c2ccn(-c3ccccc3)c2)C1=O. The van der Waals surface area contributed by atoms with Crippen molar-refractivity contribution in [3.63, 3.8) is 0 Å². The van der Waals surface area contributed by atoms with Gasteiger partial charge in [0.15, 0.2) is 0 Å². The van der Waals surface area contributed by atoms with E-state index in [1.807, 2.05) is 53.4 Å². The van der Waals surface area contributed by atoms with E-state index in [0.29, 0.717) is 4.91 Å². The minimum Gasteiger partial charge on any atom is -0.323 e. The Morgan fingerprint density at radius 2 is 1.95 bits per heavy atom. The number of amides is 2. The Balaban J connectivity index is 1.85. The van der Waals surface area contributed by atoms with Crippen LogP contribution in [0.15, 0.2) is 53.7 Å². The molecular weight excluding hydrogens is 296 g/mol. The number of nitrogens with zero attached hydrogens (tertiary/aromatic N) is 2. The van der Waals surface area contributed by atoms with Crippen molar-refractivity contribution in [2.45, 2.75) is 0 Å². The molecule has 2 heterocycles. The number of hydrogen-bond donors (Lipinski definition) is 0. The molecule has 0 atom stereocenters. The van der Waals surface area contributed by atoms with E-state index in [1.165, 1.54) is 0 Å². The van der Waals surface area contributed by atoms with Gasteiger partial charge in [0.05, 0.1) is 11.4 Å². The third kappa shape index (κ3) is 2.69. The average Bonchev–Trinajstić information content (AvgIpc) is 3.09. The first-order chi connectivity index (χ1) is 10.7. The van der Waals surface area contributed by atoms with E-state index in [2.05, 4.69) is 5.92 Å². The molecule has 0 N–H and O–H groups in total. The molecule has 0 spiro atoms. The van der Waals surface area contributed by atoms with Crippen LogP contribution in [0.3, 0.4) is 0 Å². The molecule has 22 heavy (non-hydrogen) atoms. The monoisotopic (exact) mass is 308 g/mol. The summed E-state index contributed by atoms with van der Waals surface area (Å²) in [5, 5.41) is -0.323. The standard InChI is InChI=1S/C17H12N2O2S/c1-2-9-19-16(20)15(22-17(19)21)11-13-8-10-18(12-13)14-6-4-3-5-7-14/h1,3-8,10-12H,9H2/b15-11+. The number of thioether (sulfide) groups is 1. The summed E-state index contributed by atoms with van der Waals surface area (Å²) in [5.41, 5.74) is 1.89. The number of rotatable bonds is 3. The van der Waals surface area contributed by atoms with Crippen LogP contribution in [0.5, 0.6) is 0 Å². The predicted molar refractivity (Wildman–Crippen MR) is 87.3 cm³/mol. The Morgan fingerprint density at radius 1 is 1.18 bits per heavy atom. The highest BCUT2D eigenvalue weighted by molar-refractivity contribution is 8.18. The van der Waals surface area contributed by atoms with Gasteiger partial charge in [-0.2, -0.15) is 0 Å². The first-order valence-corrected chi connectivity index (χ1v) is 7.43. The highest BCUT2D eigenvalue weighted by Crippen LogP contribution is 2.32. The van der Waals surface area contributed by atoms with E-state index >= 15 is 0 Å². The van der Waals surface area contributed by atoms with Gasteiger partial charge in [0, 0.05) is 18.1 Å². The van der Waals surface area contributed by atoms with Gasteiger partial charge in [-0.05, 0) is 41.6 Å². The Hall–Kier alpha value is -2.71. The summed E-state index contributed by atoms with van der Waals surface area (Å²) in [4.78, 5) is 25.3. The molecule has 2 amide bonds. The van der Waals surface area contributed by atoms with Crippen LogP contribution in [-0.4, -0.2) is 27.2 Å². The van der Waals surface area contributed by atoms with E-state index in [9.17, 15) is 9.59 Å². The molecule has 0 unspecified atom stereocenters. The second-order valence-electron chi connectivity index (χ2n) is 4.66. The number of carbonyl (C=O) groups excluding carboxylic acids is 2. The van der Waals surface area contributed by atoms with E-state index < -0.39 is 0 Å². The van der Waals surface area contributed by atoms with Gasteiger partial charge in [0.1, 0.15) is 0 Å². The van der Waals surface area contributed by atoms with Crippen molar-refractivity contribution in [2.24, 2.45) is 0 Å². The second-order valence-corrected chi connectivity index (χ2v) is 5.65. The second kappa shape index (κ2) is 5.96. The van der Waals surface area contributed by atoms with E-state index in [1.54, 1.807) is 6.08 Å². The van der Waals surface area contributed by atoms with Gasteiger partial charge in [0.2, 0.25) is 0 Å². The van der Waals surface area contributed by atoms with Crippen molar-refractivity contribution in [1.29, 1.82) is 0 Å². The fraction of sp³-hybridized carbons (Fsp3) is 0.0588. The van der Waals surface area contributed by atoms with Crippen LogP contribution in [0.1, 0.15) is 5.56 Å². The quantitative estimate of drug-likeness (QED) is 0.646. The summed E-state index contributed by atoms with van der Waals surface area (Å²) >= 11 is 0.915. The van der Waals surface area contributed by atoms with Crippen LogP contribution in [0.25, 0.3) is 11.8 Å². The van der Waals surface area contributed by atoms with Crippen molar-refractivity contribution in [3.8, 4) is 18.0 Å². The smallest absolute Gasteiger partial charge is 0.294 e. The van der Waals surface area contributed by atoms with Crippen molar-refractivity contribution >= 4 is 29.0 Å². The highest BCUT2D eigenvalue weighted by atomic mass is 32.2. The third-order valence-electron chi connectivity index (χ3n) is 3.19. The number of hydrogen-bond acceptors (Lipinski definition) is 3. The van der Waals surface area contributed by atoms with Crippen molar-refractivity contribution in [1.82, 2.24) is 9.47 Å². The van der Waals surface area contributed by atoms with E-state index in [4.69, 9.17) is 6.42 Å². The lowest BCUT2D eigenvalue weighted by Gasteiger charge is -2.06. The summed E-state index contributed by atoms with van der Waals surface area (Å²) in [6.07, 6.45) is 10.7. The summed E-state index contributed by atoms with van der Waals surface area (Å²) in [6, 6.07) is 11.7. The Labute approximate surface area is 132 Å². The molecule has 0 aliphatic carbocycles. The molecule has 5 heteroatoms. The number of aromatic nitrogens is 1. The largest absolute Gasteiger partial charge is 0.323 e. The Morgan fingerprint density at radius 3 is 2.68 bits per heavy atom. The fourth-order valence-electron chi connectivity index (χ4n) is 2.14. The molecule has 1 fully saturated rings. The highest BCUT2D eigenvalue weighted by Gasteiger charge is 2.34. The van der Waals surface area contributed by atoms with Crippen LogP contribution in [-0.2, 0) is 4.79 Å². The van der Waals surface area contributed by atoms with Gasteiger partial charge in [-0.3, -0.25) is 14.5 Å². The maximum absolute atomic E-state index is 12.1. The van der Waals surface area contributed by atoms with Crippen LogP contribution >= 0.6 is 11.8 Å². The zero-order valence-corrected chi connectivity index (χ0v) is 12.4. The molecule has 0 saturated carbocycles. The summed E-state index contributed by atoms with van der Waals surface area (Å²) in [6.45, 7) is 0.00698. The van der Waals surface area contributed by atoms with Gasteiger partial charge in [-0.25, -0.2) is 0 Å². The molecule has 2 aromatic rings. The zero-order valence-electron chi connectivity index (χ0n) is 11.6.